The molecule has 38 heavy (non-hydrogen) atoms. The minimum atomic E-state index is -0.330. The Balaban J connectivity index is 1.32. The van der Waals surface area contributed by atoms with Gasteiger partial charge in [-0.2, -0.15) is 0 Å². The molecule has 0 atom stereocenters. The summed E-state index contributed by atoms with van der Waals surface area (Å²) in [5, 5.41) is 4.03. The highest BCUT2D eigenvalue weighted by molar-refractivity contribution is 5.94. The topological polar surface area (TPSA) is 77.7 Å². The molecule has 1 aliphatic carbocycles. The summed E-state index contributed by atoms with van der Waals surface area (Å²) in [6, 6.07) is 21.1. The maximum atomic E-state index is 13.7. The minimum absolute atomic E-state index is 0.0231. The predicted molar refractivity (Wildman–Crippen MR) is 146 cm³/mol. The van der Waals surface area contributed by atoms with E-state index in [1.54, 1.807) is 41.2 Å². The zero-order valence-corrected chi connectivity index (χ0v) is 21.3. The summed E-state index contributed by atoms with van der Waals surface area (Å²) < 4.78 is 18.9. The number of carbonyl (C=O) groups is 2. The first-order valence-corrected chi connectivity index (χ1v) is 12.8. The van der Waals surface area contributed by atoms with Crippen molar-refractivity contribution in [1.29, 1.82) is 0 Å². The lowest BCUT2D eigenvalue weighted by Gasteiger charge is -2.28. The van der Waals surface area contributed by atoms with Gasteiger partial charge in [-0.05, 0) is 60.7 Å². The van der Waals surface area contributed by atoms with Crippen LogP contribution < -0.4 is 10.1 Å². The van der Waals surface area contributed by atoms with E-state index in [1.165, 1.54) is 12.1 Å². The van der Waals surface area contributed by atoms with Crippen LogP contribution in [-0.4, -0.2) is 53.0 Å². The third-order valence-electron chi connectivity index (χ3n) is 6.87. The van der Waals surface area contributed by atoms with Crippen LogP contribution in [0.1, 0.15) is 24.0 Å². The van der Waals surface area contributed by atoms with E-state index in [0.717, 1.165) is 34.9 Å². The minimum Gasteiger partial charge on any atom is -0.495 e. The van der Waals surface area contributed by atoms with Crippen molar-refractivity contribution in [3.63, 3.8) is 0 Å². The van der Waals surface area contributed by atoms with Gasteiger partial charge < -0.3 is 24.8 Å². The fourth-order valence-electron chi connectivity index (χ4n) is 4.63. The van der Waals surface area contributed by atoms with Crippen LogP contribution in [0.2, 0.25) is 0 Å². The first-order valence-electron chi connectivity index (χ1n) is 12.8. The molecule has 8 heteroatoms. The van der Waals surface area contributed by atoms with Crippen LogP contribution >= 0.6 is 0 Å². The number of carbonyl (C=O) groups excluding carboxylic acids is 2. The molecular weight excluding hydrogens is 483 g/mol. The Labute approximate surface area is 221 Å². The standard InChI is InChI=1S/C30H31FN4O3/c1-38-28-9-5-4-8-27(28)33-30(37)35(24-14-15-24)20-29(36)34(19-21-10-12-23(31)13-11-21)17-16-22-18-32-26-7-3-2-6-25(22)26/h2-13,18,24,32H,14-17,19-20H2,1H3,(H,33,37). The average molecular weight is 515 g/mol. The van der Waals surface area contributed by atoms with Crippen molar-refractivity contribution in [2.75, 3.05) is 25.5 Å². The summed E-state index contributed by atoms with van der Waals surface area (Å²) in [4.78, 5) is 33.6. The van der Waals surface area contributed by atoms with Gasteiger partial charge in [0.25, 0.3) is 0 Å². The van der Waals surface area contributed by atoms with Crippen LogP contribution in [0.3, 0.4) is 0 Å². The van der Waals surface area contributed by atoms with E-state index in [0.29, 0.717) is 30.9 Å². The molecule has 0 spiro atoms. The van der Waals surface area contributed by atoms with Crippen molar-refractivity contribution in [3.8, 4) is 5.75 Å². The second kappa shape index (κ2) is 11.4. The third kappa shape index (κ3) is 5.96. The number of anilines is 1. The lowest BCUT2D eigenvalue weighted by molar-refractivity contribution is -0.132. The third-order valence-corrected chi connectivity index (χ3v) is 6.87. The maximum Gasteiger partial charge on any atom is 0.322 e. The van der Waals surface area contributed by atoms with Gasteiger partial charge in [0.2, 0.25) is 5.91 Å². The summed E-state index contributed by atoms with van der Waals surface area (Å²) in [6.07, 6.45) is 4.34. The molecule has 1 aliphatic rings. The second-order valence-electron chi connectivity index (χ2n) is 9.54. The number of hydrogen-bond donors (Lipinski definition) is 2. The maximum absolute atomic E-state index is 13.7. The molecule has 196 valence electrons. The van der Waals surface area contributed by atoms with Crippen molar-refractivity contribution in [2.45, 2.75) is 31.8 Å². The zero-order valence-electron chi connectivity index (χ0n) is 21.3. The SMILES string of the molecule is COc1ccccc1NC(=O)N(CC(=O)N(CCc1c[nH]c2ccccc12)Cc1ccc(F)cc1)C1CC1. The van der Waals surface area contributed by atoms with E-state index in [1.807, 2.05) is 36.5 Å². The van der Waals surface area contributed by atoms with E-state index in [4.69, 9.17) is 4.74 Å². The van der Waals surface area contributed by atoms with Crippen molar-refractivity contribution < 1.29 is 18.7 Å². The molecule has 1 aromatic heterocycles. The van der Waals surface area contributed by atoms with E-state index in [9.17, 15) is 14.0 Å². The molecule has 7 nitrogen and oxygen atoms in total. The molecular formula is C30H31FN4O3. The van der Waals surface area contributed by atoms with Gasteiger partial charge >= 0.3 is 6.03 Å². The lowest BCUT2D eigenvalue weighted by Crippen LogP contribution is -2.45. The van der Waals surface area contributed by atoms with Gasteiger partial charge in [0.1, 0.15) is 18.1 Å². The molecule has 0 radical (unpaired) electrons. The molecule has 3 amide bonds. The Bertz CT molecular complexity index is 1410. The van der Waals surface area contributed by atoms with Crippen molar-refractivity contribution >= 4 is 28.5 Å². The predicted octanol–water partition coefficient (Wildman–Crippen LogP) is 5.58. The van der Waals surface area contributed by atoms with Gasteiger partial charge in [-0.1, -0.05) is 42.5 Å². The molecule has 1 heterocycles. The monoisotopic (exact) mass is 514 g/mol. The average Bonchev–Trinajstić information content (AvgIpc) is 3.70. The quantitative estimate of drug-likeness (QED) is 0.290. The molecule has 3 aromatic carbocycles. The van der Waals surface area contributed by atoms with E-state index in [-0.39, 0.29) is 30.3 Å². The van der Waals surface area contributed by atoms with Crippen LogP contribution in [0, 0.1) is 5.82 Å². The van der Waals surface area contributed by atoms with Crippen molar-refractivity contribution in [1.82, 2.24) is 14.8 Å². The number of para-hydroxylation sites is 3. The fraction of sp³-hybridized carbons (Fsp3) is 0.267. The summed E-state index contributed by atoms with van der Waals surface area (Å²) in [6.45, 7) is 0.750. The summed E-state index contributed by atoms with van der Waals surface area (Å²) >= 11 is 0. The number of fused-ring (bicyclic) bond motifs is 1. The molecule has 4 aromatic rings. The first-order chi connectivity index (χ1) is 18.5. The van der Waals surface area contributed by atoms with Crippen LogP contribution in [-0.2, 0) is 17.8 Å². The molecule has 2 N–H and O–H groups in total. The largest absolute Gasteiger partial charge is 0.495 e. The number of nitrogens with zero attached hydrogens (tertiary/aromatic N) is 2. The first kappa shape index (κ1) is 25.3. The smallest absolute Gasteiger partial charge is 0.322 e. The summed E-state index contributed by atoms with van der Waals surface area (Å²) in [5.74, 6) is 0.0779. The highest BCUT2D eigenvalue weighted by Crippen LogP contribution is 2.29. The second-order valence-corrected chi connectivity index (χ2v) is 9.54. The highest BCUT2D eigenvalue weighted by atomic mass is 19.1. The number of ether oxygens (including phenoxy) is 1. The molecule has 0 unspecified atom stereocenters. The Morgan fingerprint density at radius 1 is 1.03 bits per heavy atom. The number of H-pyrrole nitrogens is 1. The molecule has 0 aliphatic heterocycles. The number of methoxy groups -OCH3 is 1. The van der Waals surface area contributed by atoms with Crippen molar-refractivity contribution in [3.05, 3.63) is 95.9 Å². The van der Waals surface area contributed by atoms with E-state index in [2.05, 4.69) is 16.4 Å². The molecule has 5 rings (SSSR count). The summed E-state index contributed by atoms with van der Waals surface area (Å²) in [5.41, 5.74) is 3.55. The number of nitrogens with one attached hydrogen (secondary N) is 2. The molecule has 0 bridgehead atoms. The molecule has 1 fully saturated rings. The van der Waals surface area contributed by atoms with Crippen LogP contribution in [0.15, 0.2) is 79.0 Å². The number of rotatable bonds is 10. The number of benzene rings is 3. The normalized spacial score (nSPS) is 12.8. The summed E-state index contributed by atoms with van der Waals surface area (Å²) in [7, 11) is 1.55. The van der Waals surface area contributed by atoms with Gasteiger partial charge in [0.05, 0.1) is 12.8 Å². The van der Waals surface area contributed by atoms with Gasteiger partial charge in [0, 0.05) is 36.2 Å². The number of hydrogen-bond acceptors (Lipinski definition) is 3. The van der Waals surface area contributed by atoms with Crippen LogP contribution in [0.4, 0.5) is 14.9 Å². The molecule has 0 saturated heterocycles. The lowest BCUT2D eigenvalue weighted by atomic mass is 10.1. The van der Waals surface area contributed by atoms with Gasteiger partial charge in [0.15, 0.2) is 0 Å². The van der Waals surface area contributed by atoms with Gasteiger partial charge in [-0.15, -0.1) is 0 Å². The Morgan fingerprint density at radius 3 is 2.53 bits per heavy atom. The van der Waals surface area contributed by atoms with E-state index < -0.39 is 0 Å². The Kier molecular flexibility index (Phi) is 7.58. The van der Waals surface area contributed by atoms with Gasteiger partial charge in [-0.25, -0.2) is 9.18 Å². The number of halogens is 1. The molecule has 1 saturated carbocycles. The zero-order chi connectivity index (χ0) is 26.5. The van der Waals surface area contributed by atoms with Gasteiger partial charge in [-0.3, -0.25) is 4.79 Å². The number of aromatic amines is 1. The van der Waals surface area contributed by atoms with E-state index >= 15 is 0 Å². The van der Waals surface area contributed by atoms with Crippen molar-refractivity contribution in [2.24, 2.45) is 0 Å². The number of aromatic nitrogens is 1. The Morgan fingerprint density at radius 2 is 1.76 bits per heavy atom. The fourth-order valence-corrected chi connectivity index (χ4v) is 4.63. The highest BCUT2D eigenvalue weighted by Gasteiger charge is 2.35. The Hall–Kier alpha value is -4.33. The van der Waals surface area contributed by atoms with Crippen LogP contribution in [0.25, 0.3) is 10.9 Å². The number of urea groups is 1. The number of amides is 3. The van der Waals surface area contributed by atoms with Crippen LogP contribution in [0.5, 0.6) is 5.75 Å².